The Bertz CT molecular complexity index is 813. The molecule has 6 nitrogen and oxygen atoms in total. The summed E-state index contributed by atoms with van der Waals surface area (Å²) in [6, 6.07) is 13.7. The lowest BCUT2D eigenvalue weighted by Gasteiger charge is -2.08. The molecule has 2 rings (SSSR count). The van der Waals surface area contributed by atoms with Crippen molar-refractivity contribution < 1.29 is 19.1 Å². The molecular weight excluding hydrogens is 391 g/mol. The number of benzene rings is 2. The highest BCUT2D eigenvalue weighted by atomic mass is 35.5. The third-order valence-electron chi connectivity index (χ3n) is 3.41. The highest BCUT2D eigenvalue weighted by Crippen LogP contribution is 2.24. The summed E-state index contributed by atoms with van der Waals surface area (Å²) < 4.78 is 4.89. The van der Waals surface area contributed by atoms with Gasteiger partial charge in [-0.25, -0.2) is 0 Å². The van der Waals surface area contributed by atoms with E-state index in [0.717, 1.165) is 0 Å². The lowest BCUT2D eigenvalue weighted by molar-refractivity contribution is -0.147. The number of para-hydroxylation sites is 1. The Kier molecular flexibility index (Phi) is 8.10. The van der Waals surface area contributed by atoms with Gasteiger partial charge in [-0.2, -0.15) is 0 Å². The summed E-state index contributed by atoms with van der Waals surface area (Å²) >= 11 is 11.7. The molecular formula is C19H18Cl2N2O4. The molecule has 0 heterocycles. The summed E-state index contributed by atoms with van der Waals surface area (Å²) in [6.07, 6.45) is 0.549. The number of halogens is 2. The first-order valence-corrected chi connectivity index (χ1v) is 8.95. The summed E-state index contributed by atoms with van der Waals surface area (Å²) in [5.41, 5.74) is 1.15. The molecule has 0 aliphatic rings. The lowest BCUT2D eigenvalue weighted by Crippen LogP contribution is -2.21. The molecule has 2 N–H and O–H groups in total. The van der Waals surface area contributed by atoms with Crippen molar-refractivity contribution >= 4 is 52.4 Å². The Hall–Kier alpha value is -2.57. The zero-order chi connectivity index (χ0) is 19.6. The second-order valence-corrected chi connectivity index (χ2v) is 6.42. The average molecular weight is 409 g/mol. The van der Waals surface area contributed by atoms with Gasteiger partial charge in [-0.15, -0.1) is 0 Å². The Morgan fingerprint density at radius 3 is 2.22 bits per heavy atom. The first-order chi connectivity index (χ1) is 12.9. The van der Waals surface area contributed by atoms with Crippen LogP contribution in [-0.2, 0) is 19.1 Å². The van der Waals surface area contributed by atoms with Crippen LogP contribution in [0.1, 0.15) is 19.3 Å². The normalized spacial score (nSPS) is 10.1. The van der Waals surface area contributed by atoms with Crippen molar-refractivity contribution in [2.24, 2.45) is 0 Å². The Labute approximate surface area is 166 Å². The van der Waals surface area contributed by atoms with E-state index >= 15 is 0 Å². The predicted octanol–water partition coefficient (Wildman–Crippen LogP) is 4.28. The molecule has 0 spiro atoms. The zero-order valence-corrected chi connectivity index (χ0v) is 15.8. The topological polar surface area (TPSA) is 84.5 Å². The van der Waals surface area contributed by atoms with Crippen molar-refractivity contribution in [2.75, 3.05) is 17.2 Å². The van der Waals surface area contributed by atoms with Crippen LogP contribution in [0.25, 0.3) is 0 Å². The van der Waals surface area contributed by atoms with Crippen LogP contribution in [0.5, 0.6) is 0 Å². The summed E-state index contributed by atoms with van der Waals surface area (Å²) in [5.74, 6) is -1.23. The van der Waals surface area contributed by atoms with Gasteiger partial charge in [0.2, 0.25) is 5.91 Å². The summed E-state index contributed by atoms with van der Waals surface area (Å²) in [4.78, 5) is 35.2. The van der Waals surface area contributed by atoms with Crippen LogP contribution in [-0.4, -0.2) is 24.4 Å². The smallest absolute Gasteiger partial charge is 0.306 e. The molecule has 2 amide bonds. The number of hydrogen-bond acceptors (Lipinski definition) is 4. The first kappa shape index (κ1) is 20.7. The number of carbonyl (C=O) groups excluding carboxylic acids is 3. The van der Waals surface area contributed by atoms with Crippen molar-refractivity contribution in [1.82, 2.24) is 0 Å². The minimum Gasteiger partial charge on any atom is -0.456 e. The van der Waals surface area contributed by atoms with Gasteiger partial charge < -0.3 is 15.4 Å². The van der Waals surface area contributed by atoms with Gasteiger partial charge in [0.1, 0.15) is 0 Å². The number of esters is 1. The molecule has 8 heteroatoms. The van der Waals surface area contributed by atoms with Crippen LogP contribution < -0.4 is 10.6 Å². The van der Waals surface area contributed by atoms with Gasteiger partial charge in [-0.1, -0.05) is 41.4 Å². The Morgan fingerprint density at radius 1 is 0.815 bits per heavy atom. The lowest BCUT2D eigenvalue weighted by atomic mass is 10.2. The standard InChI is InChI=1S/C19H18Cl2N2O4/c20-15-10-9-14(11-16(15)21)23-18(25)12-27-19(26)8-4-7-17(24)22-13-5-2-1-3-6-13/h1-3,5-6,9-11H,4,7-8,12H2,(H,22,24)(H,23,25). The fourth-order valence-corrected chi connectivity index (χ4v) is 2.43. The van der Waals surface area contributed by atoms with Gasteiger partial charge in [0.05, 0.1) is 10.0 Å². The third-order valence-corrected chi connectivity index (χ3v) is 4.15. The summed E-state index contributed by atoms with van der Waals surface area (Å²) in [5, 5.41) is 5.95. The maximum atomic E-state index is 11.8. The highest BCUT2D eigenvalue weighted by Gasteiger charge is 2.10. The van der Waals surface area contributed by atoms with Gasteiger partial charge in [-0.3, -0.25) is 14.4 Å². The monoisotopic (exact) mass is 408 g/mol. The minimum absolute atomic E-state index is 0.0439. The van der Waals surface area contributed by atoms with Crippen molar-refractivity contribution in [2.45, 2.75) is 19.3 Å². The minimum atomic E-state index is -0.549. The Morgan fingerprint density at radius 2 is 1.52 bits per heavy atom. The van der Waals surface area contributed by atoms with Gasteiger partial charge in [0, 0.05) is 24.2 Å². The van der Waals surface area contributed by atoms with E-state index in [1.165, 1.54) is 6.07 Å². The van der Waals surface area contributed by atoms with Crippen LogP contribution in [0.4, 0.5) is 11.4 Å². The van der Waals surface area contributed by atoms with E-state index in [-0.39, 0.29) is 18.7 Å². The quantitative estimate of drug-likeness (QED) is 0.638. The fraction of sp³-hybridized carbons (Fsp3) is 0.211. The van der Waals surface area contributed by atoms with E-state index in [4.69, 9.17) is 27.9 Å². The van der Waals surface area contributed by atoms with Crippen molar-refractivity contribution in [3.63, 3.8) is 0 Å². The molecule has 142 valence electrons. The van der Waals surface area contributed by atoms with Crippen molar-refractivity contribution in [3.8, 4) is 0 Å². The number of ether oxygens (including phenoxy) is 1. The van der Waals surface area contributed by atoms with Crippen LogP contribution in [0, 0.1) is 0 Å². The van der Waals surface area contributed by atoms with Gasteiger partial charge in [0.25, 0.3) is 5.91 Å². The van der Waals surface area contributed by atoms with Gasteiger partial charge >= 0.3 is 5.97 Å². The summed E-state index contributed by atoms with van der Waals surface area (Å²) in [7, 11) is 0. The number of anilines is 2. The van der Waals surface area contributed by atoms with Crippen LogP contribution in [0.15, 0.2) is 48.5 Å². The molecule has 0 aromatic heterocycles. The molecule has 0 fully saturated rings. The molecule has 0 aliphatic heterocycles. The molecule has 0 saturated heterocycles. The average Bonchev–Trinajstić information content (AvgIpc) is 2.64. The largest absolute Gasteiger partial charge is 0.456 e. The maximum Gasteiger partial charge on any atom is 0.306 e. The molecule has 0 aliphatic carbocycles. The van der Waals surface area contributed by atoms with Crippen LogP contribution in [0.2, 0.25) is 10.0 Å². The van der Waals surface area contributed by atoms with Crippen LogP contribution >= 0.6 is 23.2 Å². The fourth-order valence-electron chi connectivity index (χ4n) is 2.13. The zero-order valence-electron chi connectivity index (χ0n) is 14.3. The highest BCUT2D eigenvalue weighted by molar-refractivity contribution is 6.42. The Balaban J connectivity index is 1.63. The van der Waals surface area contributed by atoms with E-state index in [0.29, 0.717) is 27.8 Å². The third kappa shape index (κ3) is 7.68. The molecule has 0 radical (unpaired) electrons. The molecule has 0 saturated carbocycles. The molecule has 27 heavy (non-hydrogen) atoms. The van der Waals surface area contributed by atoms with Crippen LogP contribution in [0.3, 0.4) is 0 Å². The molecule has 0 bridgehead atoms. The first-order valence-electron chi connectivity index (χ1n) is 8.19. The molecule has 0 unspecified atom stereocenters. The van der Waals surface area contributed by atoms with E-state index in [2.05, 4.69) is 10.6 Å². The SMILES string of the molecule is O=C(CCCC(=O)OCC(=O)Nc1ccc(Cl)c(Cl)c1)Nc1ccccc1. The molecule has 0 atom stereocenters. The van der Waals surface area contributed by atoms with E-state index in [1.807, 2.05) is 18.2 Å². The maximum absolute atomic E-state index is 11.8. The predicted molar refractivity (Wildman–Crippen MR) is 105 cm³/mol. The number of rotatable bonds is 8. The second-order valence-electron chi connectivity index (χ2n) is 5.61. The van der Waals surface area contributed by atoms with Crippen molar-refractivity contribution in [1.29, 1.82) is 0 Å². The number of amides is 2. The summed E-state index contributed by atoms with van der Waals surface area (Å²) in [6.45, 7) is -0.421. The number of hydrogen-bond donors (Lipinski definition) is 2. The van der Waals surface area contributed by atoms with Gasteiger partial charge in [0.15, 0.2) is 6.61 Å². The van der Waals surface area contributed by atoms with E-state index in [9.17, 15) is 14.4 Å². The number of carbonyl (C=O) groups is 3. The second kappa shape index (κ2) is 10.5. The van der Waals surface area contributed by atoms with Crippen molar-refractivity contribution in [3.05, 3.63) is 58.6 Å². The van der Waals surface area contributed by atoms with Gasteiger partial charge in [-0.05, 0) is 36.8 Å². The molecule has 2 aromatic rings. The van der Waals surface area contributed by atoms with E-state index in [1.54, 1.807) is 24.3 Å². The van der Waals surface area contributed by atoms with E-state index < -0.39 is 18.5 Å². The number of nitrogens with one attached hydrogen (secondary N) is 2. The molecule has 2 aromatic carbocycles.